The maximum Gasteiger partial charge on any atom is 0.333 e. The first-order valence-electron chi connectivity index (χ1n) is 9.45. The molecule has 2 amide bonds. The molecule has 0 fully saturated rings. The number of rotatable bonds is 5. The third-order valence-corrected chi connectivity index (χ3v) is 7.73. The molecule has 4 aromatic rings. The van der Waals surface area contributed by atoms with E-state index >= 15 is 0 Å². The van der Waals surface area contributed by atoms with Crippen LogP contribution in [0.3, 0.4) is 0 Å². The fraction of sp³-hybridized carbons (Fsp3) is 0.0500. The second-order valence-electron chi connectivity index (χ2n) is 6.86. The Balaban J connectivity index is 0.00000342. The number of aromatic nitrogens is 2. The Kier molecular flexibility index (Phi) is 8.59. The molecule has 0 unspecified atom stereocenters. The number of halogens is 2. The maximum atomic E-state index is 14.1. The number of carbonyl (C=O) groups excluding carboxylic acids is 1. The molecule has 4 rings (SSSR count). The Morgan fingerprint density at radius 2 is 1.80 bits per heavy atom. The molecule has 0 spiro atoms. The molecular formula is C20H15ClFKN5O5S2. The number of H-pyrrole nitrogens is 1. The predicted molar refractivity (Wildman–Crippen MR) is 134 cm³/mol. The van der Waals surface area contributed by atoms with Crippen LogP contribution in [0.1, 0.15) is 0 Å². The summed E-state index contributed by atoms with van der Waals surface area (Å²) in [5.74, 6) is -0.656. The van der Waals surface area contributed by atoms with Gasteiger partial charge in [-0.05, 0) is 48.5 Å². The van der Waals surface area contributed by atoms with Crippen LogP contribution in [-0.4, -0.2) is 82.4 Å². The number of aromatic amines is 1. The molecule has 2 aromatic carbocycles. The van der Waals surface area contributed by atoms with Crippen molar-refractivity contribution in [3.05, 3.63) is 79.5 Å². The van der Waals surface area contributed by atoms with Gasteiger partial charge in [0.1, 0.15) is 10.0 Å². The van der Waals surface area contributed by atoms with Crippen LogP contribution in [0.25, 0.3) is 16.6 Å². The van der Waals surface area contributed by atoms with E-state index in [9.17, 15) is 27.2 Å². The molecule has 0 saturated heterocycles. The zero-order chi connectivity index (χ0) is 24.6. The number of amides is 2. The van der Waals surface area contributed by atoms with E-state index in [1.54, 1.807) is 0 Å². The number of fused-ring (bicyclic) bond motifs is 1. The van der Waals surface area contributed by atoms with Crippen LogP contribution in [0, 0.1) is 5.82 Å². The molecule has 15 heteroatoms. The second kappa shape index (κ2) is 10.9. The Labute approximate surface area is 249 Å². The summed E-state index contributed by atoms with van der Waals surface area (Å²) >= 11 is 6.52. The van der Waals surface area contributed by atoms with Gasteiger partial charge in [-0.1, -0.05) is 11.6 Å². The summed E-state index contributed by atoms with van der Waals surface area (Å²) in [6, 6.07) is 9.44. The molecular weight excluding hydrogens is 548 g/mol. The van der Waals surface area contributed by atoms with Crippen molar-refractivity contribution in [2.75, 3.05) is 17.7 Å². The van der Waals surface area contributed by atoms with Gasteiger partial charge in [0.05, 0.1) is 26.6 Å². The van der Waals surface area contributed by atoms with E-state index in [0.717, 1.165) is 22.0 Å². The molecule has 35 heavy (non-hydrogen) atoms. The summed E-state index contributed by atoms with van der Waals surface area (Å²) in [4.78, 5) is 40.0. The molecule has 177 valence electrons. The monoisotopic (exact) mass is 562 g/mol. The zero-order valence-corrected chi connectivity index (χ0v) is 23.7. The molecule has 2 aromatic heterocycles. The topological polar surface area (TPSA) is 142 Å². The predicted octanol–water partition coefficient (Wildman–Crippen LogP) is 2.70. The number of nitrogens with one attached hydrogen (secondary N) is 4. The van der Waals surface area contributed by atoms with E-state index in [-0.39, 0.29) is 87.9 Å². The summed E-state index contributed by atoms with van der Waals surface area (Å²) in [7, 11) is -2.60. The van der Waals surface area contributed by atoms with Crippen molar-refractivity contribution in [2.45, 2.75) is 4.21 Å². The van der Waals surface area contributed by atoms with E-state index in [1.807, 2.05) is 4.72 Å². The van der Waals surface area contributed by atoms with E-state index in [2.05, 4.69) is 15.6 Å². The largest absolute Gasteiger partial charge is 0.386 e. The number of sulfonamides is 1. The number of urea groups is 1. The van der Waals surface area contributed by atoms with Gasteiger partial charge < -0.3 is 15.6 Å². The normalized spacial score (nSPS) is 11.1. The number of hydrogen-bond acceptors (Lipinski definition) is 7. The fourth-order valence-electron chi connectivity index (χ4n) is 3.13. The Morgan fingerprint density at radius 1 is 1.11 bits per heavy atom. The molecule has 0 aliphatic carbocycles. The number of benzene rings is 2. The van der Waals surface area contributed by atoms with Crippen molar-refractivity contribution < 1.29 is 17.6 Å². The van der Waals surface area contributed by atoms with Crippen molar-refractivity contribution in [1.82, 2.24) is 14.3 Å². The first-order chi connectivity index (χ1) is 16.1. The number of thiophene rings is 1. The molecule has 0 bridgehead atoms. The first-order valence-corrected chi connectivity index (χ1v) is 12.1. The Bertz CT molecular complexity index is 1650. The van der Waals surface area contributed by atoms with E-state index in [4.69, 9.17) is 11.6 Å². The molecule has 0 saturated carbocycles. The zero-order valence-electron chi connectivity index (χ0n) is 18.2. The average molecular weight is 563 g/mol. The van der Waals surface area contributed by atoms with Crippen LogP contribution >= 0.6 is 22.9 Å². The second-order valence-corrected chi connectivity index (χ2v) is 10.5. The third kappa shape index (κ3) is 5.86. The van der Waals surface area contributed by atoms with Crippen molar-refractivity contribution >= 4 is 113 Å². The minimum absolute atomic E-state index is 0. The van der Waals surface area contributed by atoms with Gasteiger partial charge in [-0.2, -0.15) is 0 Å². The van der Waals surface area contributed by atoms with Gasteiger partial charge in [-0.3, -0.25) is 4.79 Å². The average Bonchev–Trinajstić information content (AvgIpc) is 3.22. The molecule has 1 radical (unpaired) electrons. The molecule has 10 nitrogen and oxygen atoms in total. The number of nitrogens with zero attached hydrogens (tertiary/aromatic N) is 1. The van der Waals surface area contributed by atoms with Gasteiger partial charge in [0.15, 0.2) is 0 Å². The van der Waals surface area contributed by atoms with Crippen LogP contribution in [0.15, 0.2) is 62.3 Å². The van der Waals surface area contributed by atoms with Gasteiger partial charge in [-0.15, -0.1) is 11.3 Å². The molecule has 0 aliphatic rings. The van der Waals surface area contributed by atoms with Crippen molar-refractivity contribution in [1.29, 1.82) is 0 Å². The van der Waals surface area contributed by atoms with Gasteiger partial charge in [0.25, 0.3) is 15.6 Å². The summed E-state index contributed by atoms with van der Waals surface area (Å²) < 4.78 is 41.3. The third-order valence-electron chi connectivity index (χ3n) is 4.68. The van der Waals surface area contributed by atoms with Crippen molar-refractivity contribution in [2.24, 2.45) is 0 Å². The summed E-state index contributed by atoms with van der Waals surface area (Å²) in [5.41, 5.74) is -0.850. The number of hydrogen-bond donors (Lipinski definition) is 4. The quantitative estimate of drug-likeness (QED) is 0.276. The van der Waals surface area contributed by atoms with E-state index < -0.39 is 33.1 Å². The summed E-state index contributed by atoms with van der Waals surface area (Å²) in [6.45, 7) is 0. The Hall–Kier alpha value is -2.04. The van der Waals surface area contributed by atoms with Crippen LogP contribution in [0.2, 0.25) is 4.34 Å². The van der Waals surface area contributed by atoms with Crippen LogP contribution in [0.4, 0.5) is 20.6 Å². The van der Waals surface area contributed by atoms with Gasteiger partial charge in [0, 0.05) is 64.1 Å². The Morgan fingerprint density at radius 3 is 2.40 bits per heavy atom. The standard InChI is InChI=1S/C20H15ClFN5O5S2.K/c1-23-15-9-14-12(8-13(15)22)18(28)27(20(30)25-14)11-4-2-10(3-5-11)24-19(29)26-34(31,32)17-7-6-16(21)33-17;/h2-9,23H,1H3,(H,25,30)(H2,24,26,29);. The fourth-order valence-corrected chi connectivity index (χ4v) is 5.52. The van der Waals surface area contributed by atoms with Crippen molar-refractivity contribution in [3.63, 3.8) is 0 Å². The van der Waals surface area contributed by atoms with Gasteiger partial charge >= 0.3 is 11.7 Å². The number of carbonyl (C=O) groups is 1. The van der Waals surface area contributed by atoms with Gasteiger partial charge in [0.2, 0.25) is 0 Å². The summed E-state index contributed by atoms with van der Waals surface area (Å²) in [5, 5.41) is 4.94. The molecule has 4 N–H and O–H groups in total. The smallest absolute Gasteiger partial charge is 0.333 e. The molecule has 0 atom stereocenters. The molecule has 2 heterocycles. The first kappa shape index (κ1) is 27.5. The number of anilines is 2. The minimum atomic E-state index is -4.10. The van der Waals surface area contributed by atoms with Crippen molar-refractivity contribution in [3.8, 4) is 5.69 Å². The minimum Gasteiger partial charge on any atom is -0.386 e. The van der Waals surface area contributed by atoms with E-state index in [1.165, 1.54) is 49.5 Å². The maximum absolute atomic E-state index is 14.1. The summed E-state index contributed by atoms with van der Waals surface area (Å²) in [6.07, 6.45) is 0. The molecule has 0 aliphatic heterocycles. The van der Waals surface area contributed by atoms with Crippen LogP contribution < -0.4 is 26.6 Å². The van der Waals surface area contributed by atoms with Crippen LogP contribution in [0.5, 0.6) is 0 Å². The van der Waals surface area contributed by atoms with E-state index in [0.29, 0.717) is 0 Å². The van der Waals surface area contributed by atoms with Crippen LogP contribution in [-0.2, 0) is 10.0 Å². The SMILES string of the molecule is CNc1cc2[nH]c(=O)n(-c3ccc(NC(=O)NS(=O)(=O)c4ccc(Cl)s4)cc3)c(=O)c2cc1F.[K]. The van der Waals surface area contributed by atoms with Gasteiger partial charge in [-0.25, -0.2) is 31.7 Å².